The standard InChI is InChI=1S/C35H35F3N8O4/c36-22-5-1-20(2-6-22)32(21-3-7-23(37)8-4-21)33(39)34(47)46-29-15-41-14-27(38)26(29)10-9-25-13-42-24(18-49-25)19-50-35(48)43-17-31-44-28-11-12-40-16-30(28)45-31/h1-8,11-12,14-16,24-25,32-33,42H,9-10,13,17-19,39H2,(H,43,48)(H,44,45)(H,46,47)/t24-,25+,33-/m0/s1. The summed E-state index contributed by atoms with van der Waals surface area (Å²) in [6.07, 6.45) is 5.45. The number of fused-ring (bicyclic) bond motifs is 1. The number of anilines is 1. The molecule has 260 valence electrons. The van der Waals surface area contributed by atoms with Gasteiger partial charge in [0.1, 0.15) is 29.9 Å². The highest BCUT2D eigenvalue weighted by molar-refractivity contribution is 5.96. The lowest BCUT2D eigenvalue weighted by molar-refractivity contribution is -0.117. The summed E-state index contributed by atoms with van der Waals surface area (Å²) < 4.78 is 53.7. The van der Waals surface area contributed by atoms with E-state index in [4.69, 9.17) is 15.2 Å². The van der Waals surface area contributed by atoms with Crippen LogP contribution in [0.5, 0.6) is 0 Å². The average Bonchev–Trinajstić information content (AvgIpc) is 3.55. The Hall–Kier alpha value is -5.38. The van der Waals surface area contributed by atoms with Gasteiger partial charge in [-0.25, -0.2) is 22.9 Å². The van der Waals surface area contributed by atoms with E-state index >= 15 is 4.39 Å². The summed E-state index contributed by atoms with van der Waals surface area (Å²) in [6.45, 7) is 0.932. The van der Waals surface area contributed by atoms with Crippen LogP contribution in [-0.2, 0) is 27.2 Å². The number of hydrogen-bond acceptors (Lipinski definition) is 9. The van der Waals surface area contributed by atoms with Crippen LogP contribution in [0.3, 0.4) is 0 Å². The van der Waals surface area contributed by atoms with Crippen LogP contribution >= 0.6 is 0 Å². The van der Waals surface area contributed by atoms with E-state index < -0.39 is 41.4 Å². The molecule has 1 aliphatic rings. The number of benzene rings is 2. The molecule has 2 amide bonds. The van der Waals surface area contributed by atoms with Gasteiger partial charge in [0, 0.05) is 24.2 Å². The van der Waals surface area contributed by atoms with Crippen LogP contribution in [0, 0.1) is 17.5 Å². The maximum absolute atomic E-state index is 15.0. The number of morpholine rings is 1. The topological polar surface area (TPSA) is 169 Å². The van der Waals surface area contributed by atoms with Crippen molar-refractivity contribution in [2.24, 2.45) is 5.73 Å². The molecule has 0 radical (unpaired) electrons. The van der Waals surface area contributed by atoms with Crippen LogP contribution in [0.15, 0.2) is 79.4 Å². The van der Waals surface area contributed by atoms with Gasteiger partial charge in [0.05, 0.1) is 66.7 Å². The van der Waals surface area contributed by atoms with Crippen molar-refractivity contribution >= 4 is 28.7 Å². The molecule has 50 heavy (non-hydrogen) atoms. The number of imidazole rings is 1. The Bertz CT molecular complexity index is 1840. The molecule has 6 rings (SSSR count). The molecule has 5 aromatic rings. The molecule has 2 aromatic carbocycles. The second kappa shape index (κ2) is 15.9. The van der Waals surface area contributed by atoms with Crippen LogP contribution in [0.2, 0.25) is 0 Å². The van der Waals surface area contributed by atoms with Crippen molar-refractivity contribution in [3.63, 3.8) is 0 Å². The number of aromatic nitrogens is 4. The summed E-state index contributed by atoms with van der Waals surface area (Å²) in [6, 6.07) is 11.4. The molecule has 0 saturated carbocycles. The fourth-order valence-corrected chi connectivity index (χ4v) is 5.78. The van der Waals surface area contributed by atoms with Crippen molar-refractivity contribution in [1.82, 2.24) is 30.6 Å². The molecule has 6 N–H and O–H groups in total. The van der Waals surface area contributed by atoms with Gasteiger partial charge in [-0.15, -0.1) is 0 Å². The van der Waals surface area contributed by atoms with E-state index in [2.05, 4.69) is 35.9 Å². The molecule has 0 aliphatic carbocycles. The largest absolute Gasteiger partial charge is 0.448 e. The van der Waals surface area contributed by atoms with Crippen LogP contribution in [0.25, 0.3) is 11.0 Å². The van der Waals surface area contributed by atoms with Crippen LogP contribution in [0.1, 0.15) is 34.9 Å². The number of nitrogens with one attached hydrogen (secondary N) is 4. The van der Waals surface area contributed by atoms with Crippen molar-refractivity contribution in [2.45, 2.75) is 43.5 Å². The number of halogens is 3. The van der Waals surface area contributed by atoms with Gasteiger partial charge in [-0.2, -0.15) is 0 Å². The molecular weight excluding hydrogens is 653 g/mol. The number of amides is 2. The van der Waals surface area contributed by atoms with E-state index in [1.807, 2.05) is 0 Å². The lowest BCUT2D eigenvalue weighted by Gasteiger charge is -2.30. The minimum Gasteiger partial charge on any atom is -0.448 e. The van der Waals surface area contributed by atoms with Gasteiger partial charge >= 0.3 is 6.09 Å². The van der Waals surface area contributed by atoms with Gasteiger partial charge < -0.3 is 36.1 Å². The number of H-pyrrole nitrogens is 1. The van der Waals surface area contributed by atoms with Crippen molar-refractivity contribution in [1.29, 1.82) is 0 Å². The monoisotopic (exact) mass is 688 g/mol. The zero-order valence-electron chi connectivity index (χ0n) is 26.7. The third-order valence-electron chi connectivity index (χ3n) is 8.41. The molecule has 3 atom stereocenters. The Morgan fingerprint density at radius 3 is 2.36 bits per heavy atom. The molecule has 1 aliphatic heterocycles. The first-order valence-corrected chi connectivity index (χ1v) is 16.0. The fourth-order valence-electron chi connectivity index (χ4n) is 5.78. The Kier molecular flexibility index (Phi) is 11.0. The number of aromatic amines is 1. The summed E-state index contributed by atoms with van der Waals surface area (Å²) in [7, 11) is 0. The molecule has 1 fully saturated rings. The zero-order valence-corrected chi connectivity index (χ0v) is 26.7. The normalized spacial score (nSPS) is 16.7. The fraction of sp³-hybridized carbons (Fsp3) is 0.286. The lowest BCUT2D eigenvalue weighted by Crippen LogP contribution is -2.49. The molecule has 4 heterocycles. The molecule has 0 spiro atoms. The number of nitrogens with two attached hydrogens (primary N) is 1. The van der Waals surface area contributed by atoms with Crippen LogP contribution in [0.4, 0.5) is 23.7 Å². The minimum atomic E-state index is -1.20. The van der Waals surface area contributed by atoms with Crippen LogP contribution < -0.4 is 21.7 Å². The second-order valence-electron chi connectivity index (χ2n) is 11.9. The third-order valence-corrected chi connectivity index (χ3v) is 8.41. The number of ether oxygens (including phenoxy) is 2. The molecular formula is C35H35F3N8O4. The highest BCUT2D eigenvalue weighted by Crippen LogP contribution is 2.29. The van der Waals surface area contributed by atoms with Gasteiger partial charge in [0.25, 0.3) is 0 Å². The number of hydrogen-bond donors (Lipinski definition) is 5. The highest BCUT2D eigenvalue weighted by Gasteiger charge is 2.29. The first-order chi connectivity index (χ1) is 24.2. The summed E-state index contributed by atoms with van der Waals surface area (Å²) >= 11 is 0. The first kappa shape index (κ1) is 34.5. The Morgan fingerprint density at radius 2 is 1.70 bits per heavy atom. The molecule has 0 bridgehead atoms. The zero-order chi connectivity index (χ0) is 35.0. The molecule has 15 heteroatoms. The molecule has 0 unspecified atom stereocenters. The van der Waals surface area contributed by atoms with Gasteiger partial charge in [0.15, 0.2) is 0 Å². The van der Waals surface area contributed by atoms with Crippen molar-refractivity contribution < 1.29 is 32.2 Å². The maximum Gasteiger partial charge on any atom is 0.407 e. The number of nitrogens with zero attached hydrogens (tertiary/aromatic N) is 3. The number of pyridine rings is 2. The SMILES string of the molecule is N[C@H](C(=O)Nc1cncc(F)c1CC[C@@H]1CN[C@H](COC(=O)NCc2nc3ccncc3[nH]2)CO1)C(c1ccc(F)cc1)c1ccc(F)cc1. The van der Waals surface area contributed by atoms with E-state index in [0.29, 0.717) is 29.9 Å². The number of rotatable bonds is 12. The quantitative estimate of drug-likeness (QED) is 0.130. The smallest absolute Gasteiger partial charge is 0.407 e. The predicted molar refractivity (Wildman–Crippen MR) is 177 cm³/mol. The predicted octanol–water partition coefficient (Wildman–Crippen LogP) is 4.08. The average molecular weight is 689 g/mol. The molecule has 1 saturated heterocycles. The van der Waals surface area contributed by atoms with Crippen molar-refractivity contribution in [2.75, 3.05) is 25.1 Å². The minimum absolute atomic E-state index is 0.0782. The van der Waals surface area contributed by atoms with E-state index in [1.165, 1.54) is 54.7 Å². The molecule has 3 aromatic heterocycles. The summed E-state index contributed by atoms with van der Waals surface area (Å²) in [5, 5.41) is 8.65. The van der Waals surface area contributed by atoms with E-state index in [-0.39, 0.29) is 49.6 Å². The summed E-state index contributed by atoms with van der Waals surface area (Å²) in [4.78, 5) is 41.1. The van der Waals surface area contributed by atoms with Gasteiger partial charge in [0.2, 0.25) is 5.91 Å². The van der Waals surface area contributed by atoms with Crippen molar-refractivity contribution in [3.05, 3.63) is 119 Å². The van der Waals surface area contributed by atoms with Gasteiger partial charge in [-0.3, -0.25) is 14.8 Å². The summed E-state index contributed by atoms with van der Waals surface area (Å²) in [5.41, 5.74) is 9.45. The van der Waals surface area contributed by atoms with Gasteiger partial charge in [-0.05, 0) is 54.3 Å². The number of carbonyl (C=O) groups excluding carboxylic acids is 2. The number of carbonyl (C=O) groups is 2. The second-order valence-corrected chi connectivity index (χ2v) is 11.9. The Labute approximate surface area is 285 Å². The van der Waals surface area contributed by atoms with E-state index in [9.17, 15) is 18.4 Å². The van der Waals surface area contributed by atoms with E-state index in [0.717, 1.165) is 17.2 Å². The van der Waals surface area contributed by atoms with Crippen LogP contribution in [-0.4, -0.2) is 69.9 Å². The van der Waals surface area contributed by atoms with Crippen molar-refractivity contribution in [3.8, 4) is 0 Å². The maximum atomic E-state index is 15.0. The number of alkyl carbamates (subject to hydrolysis) is 1. The summed E-state index contributed by atoms with van der Waals surface area (Å²) in [5.74, 6) is -2.33. The highest BCUT2D eigenvalue weighted by atomic mass is 19.1. The lowest BCUT2D eigenvalue weighted by atomic mass is 9.85. The Morgan fingerprint density at radius 1 is 0.980 bits per heavy atom. The molecule has 12 nitrogen and oxygen atoms in total. The van der Waals surface area contributed by atoms with E-state index in [1.54, 1.807) is 18.5 Å². The first-order valence-electron chi connectivity index (χ1n) is 16.0. The van der Waals surface area contributed by atoms with Gasteiger partial charge in [-0.1, -0.05) is 24.3 Å². The Balaban J connectivity index is 0.996. The third kappa shape index (κ3) is 8.61.